The SMILES string of the molecule is CCC(C)(C)C(=O)OC12CC3CC(CC(O)(C3)C1)C2.CCC(C)(C)C(=O)OC1CCOC1=O.CCC1(OC(=O)C(C)(C)CC)CCCC1. The quantitative estimate of drug-likeness (QED) is 0.181. The zero-order valence-electron chi connectivity index (χ0n) is 31.8. The van der Waals surface area contributed by atoms with Crippen LogP contribution in [0.3, 0.4) is 0 Å². The van der Waals surface area contributed by atoms with Crippen LogP contribution in [0, 0.1) is 28.1 Å². The molecule has 5 saturated carbocycles. The third kappa shape index (κ3) is 9.75. The maximum absolute atomic E-state index is 12.4. The van der Waals surface area contributed by atoms with Crippen molar-refractivity contribution in [3.63, 3.8) is 0 Å². The fourth-order valence-corrected chi connectivity index (χ4v) is 7.77. The van der Waals surface area contributed by atoms with Crippen LogP contribution in [0.25, 0.3) is 0 Å². The summed E-state index contributed by atoms with van der Waals surface area (Å²) in [5.74, 6) is 0.260. The number of hydrogen-bond acceptors (Lipinski definition) is 9. The van der Waals surface area contributed by atoms with E-state index in [9.17, 15) is 24.3 Å². The molecule has 0 aromatic heterocycles. The molecular weight excluding hydrogens is 612 g/mol. The number of cyclic esters (lactones) is 1. The summed E-state index contributed by atoms with van der Waals surface area (Å²) >= 11 is 0. The Morgan fingerprint density at radius 3 is 1.67 bits per heavy atom. The number of rotatable bonds is 10. The maximum atomic E-state index is 12.4. The average molecular weight is 679 g/mol. The van der Waals surface area contributed by atoms with Gasteiger partial charge in [0.2, 0.25) is 6.10 Å². The smallest absolute Gasteiger partial charge is 0.347 e. The Bertz CT molecular complexity index is 1130. The molecule has 48 heavy (non-hydrogen) atoms. The van der Waals surface area contributed by atoms with Gasteiger partial charge in [-0.25, -0.2) is 4.79 Å². The second-order valence-electron chi connectivity index (χ2n) is 17.5. The van der Waals surface area contributed by atoms with E-state index in [4.69, 9.17) is 18.9 Å². The first-order valence-electron chi connectivity index (χ1n) is 18.8. The number of aliphatic hydroxyl groups is 1. The van der Waals surface area contributed by atoms with Gasteiger partial charge in [0, 0.05) is 12.8 Å². The molecule has 5 aliphatic carbocycles. The van der Waals surface area contributed by atoms with Gasteiger partial charge in [-0.1, -0.05) is 27.7 Å². The molecule has 6 rings (SSSR count). The predicted octanol–water partition coefficient (Wildman–Crippen LogP) is 8.02. The van der Waals surface area contributed by atoms with Gasteiger partial charge in [-0.3, -0.25) is 14.4 Å². The molecule has 9 heteroatoms. The molecule has 3 unspecified atom stereocenters. The molecule has 4 bridgehead atoms. The van der Waals surface area contributed by atoms with Crippen LogP contribution in [0.2, 0.25) is 0 Å². The molecular formula is C39H66O9. The van der Waals surface area contributed by atoms with Gasteiger partial charge in [-0.2, -0.15) is 0 Å². The predicted molar refractivity (Wildman–Crippen MR) is 184 cm³/mol. The first-order valence-corrected chi connectivity index (χ1v) is 18.8. The molecule has 0 radical (unpaired) electrons. The van der Waals surface area contributed by atoms with Crippen molar-refractivity contribution in [2.24, 2.45) is 28.1 Å². The van der Waals surface area contributed by atoms with Gasteiger partial charge in [0.05, 0.1) is 28.5 Å². The minimum atomic E-state index is -0.687. The van der Waals surface area contributed by atoms with Crippen molar-refractivity contribution in [3.05, 3.63) is 0 Å². The molecule has 3 atom stereocenters. The molecule has 0 amide bonds. The molecule has 1 N–H and O–H groups in total. The standard InChI is InChI=1S/C16H26O3.C13H24O2.C10H16O4/c1-4-14(2,3)13(17)19-16-8-11-5-12(9-16)7-15(18,6-11)10-16;1-5-12(3,4)11(14)15-13(6-2)9-7-8-10-13;1-4-10(2,3)9(12)14-7-5-6-13-8(7)11/h11-12,18H,4-10H2,1-3H3;5-10H2,1-4H3;7H,4-6H2,1-3H3. The first kappa shape index (κ1) is 40.3. The van der Waals surface area contributed by atoms with E-state index in [2.05, 4.69) is 6.92 Å². The van der Waals surface area contributed by atoms with Crippen molar-refractivity contribution in [1.29, 1.82) is 0 Å². The summed E-state index contributed by atoms with van der Waals surface area (Å²) in [6.07, 6.45) is 13.2. The lowest BCUT2D eigenvalue weighted by Crippen LogP contribution is -2.61. The van der Waals surface area contributed by atoms with Crippen LogP contribution in [-0.4, -0.2) is 58.5 Å². The molecule has 276 valence electrons. The summed E-state index contributed by atoms with van der Waals surface area (Å²) in [4.78, 5) is 47.0. The highest BCUT2D eigenvalue weighted by molar-refractivity contribution is 5.82. The lowest BCUT2D eigenvalue weighted by atomic mass is 9.52. The Morgan fingerprint density at radius 1 is 0.771 bits per heavy atom. The van der Waals surface area contributed by atoms with Crippen LogP contribution >= 0.6 is 0 Å². The zero-order chi connectivity index (χ0) is 36.2. The third-order valence-electron chi connectivity index (χ3n) is 12.2. The van der Waals surface area contributed by atoms with E-state index in [1.807, 2.05) is 48.5 Å². The Hall–Kier alpha value is -2.16. The van der Waals surface area contributed by atoms with Crippen LogP contribution in [0.15, 0.2) is 0 Å². The fraction of sp³-hybridized carbons (Fsp3) is 0.897. The van der Waals surface area contributed by atoms with Crippen molar-refractivity contribution in [2.45, 2.75) is 188 Å². The molecule has 9 nitrogen and oxygen atoms in total. The molecule has 1 saturated heterocycles. The molecule has 1 heterocycles. The van der Waals surface area contributed by atoms with Crippen molar-refractivity contribution in [2.75, 3.05) is 6.61 Å². The molecule has 1 aliphatic heterocycles. The normalized spacial score (nSPS) is 30.3. The van der Waals surface area contributed by atoms with Crippen molar-refractivity contribution >= 4 is 23.9 Å². The fourth-order valence-electron chi connectivity index (χ4n) is 7.77. The van der Waals surface area contributed by atoms with Crippen LogP contribution in [-0.2, 0) is 38.1 Å². The van der Waals surface area contributed by atoms with Gasteiger partial charge in [0.15, 0.2) is 0 Å². The highest BCUT2D eigenvalue weighted by atomic mass is 16.6. The van der Waals surface area contributed by atoms with Crippen LogP contribution in [0.4, 0.5) is 0 Å². The van der Waals surface area contributed by atoms with Gasteiger partial charge in [0.1, 0.15) is 11.2 Å². The summed E-state index contributed by atoms with van der Waals surface area (Å²) in [6, 6.07) is 0. The Kier molecular flexibility index (Phi) is 12.9. The van der Waals surface area contributed by atoms with E-state index in [1.54, 1.807) is 13.8 Å². The lowest BCUT2D eigenvalue weighted by molar-refractivity contribution is -0.225. The highest BCUT2D eigenvalue weighted by Gasteiger charge is 2.59. The summed E-state index contributed by atoms with van der Waals surface area (Å²) in [7, 11) is 0. The van der Waals surface area contributed by atoms with E-state index in [1.165, 1.54) is 19.3 Å². The van der Waals surface area contributed by atoms with E-state index >= 15 is 0 Å². The largest absolute Gasteiger partial charge is 0.463 e. The Labute approximate surface area is 289 Å². The van der Waals surface area contributed by atoms with Gasteiger partial charge in [-0.15, -0.1) is 0 Å². The van der Waals surface area contributed by atoms with Crippen molar-refractivity contribution in [1.82, 2.24) is 0 Å². The summed E-state index contributed by atoms with van der Waals surface area (Å²) in [5.41, 5.74) is -2.31. The molecule has 6 fully saturated rings. The van der Waals surface area contributed by atoms with E-state index in [0.29, 0.717) is 37.7 Å². The lowest BCUT2D eigenvalue weighted by Gasteiger charge is -2.59. The monoisotopic (exact) mass is 678 g/mol. The number of carbonyl (C=O) groups excluding carboxylic acids is 4. The van der Waals surface area contributed by atoms with Gasteiger partial charge < -0.3 is 24.1 Å². The van der Waals surface area contributed by atoms with Crippen molar-refractivity contribution in [3.8, 4) is 0 Å². The van der Waals surface area contributed by atoms with E-state index in [0.717, 1.165) is 57.8 Å². The summed E-state index contributed by atoms with van der Waals surface area (Å²) in [5, 5.41) is 10.6. The van der Waals surface area contributed by atoms with E-state index < -0.39 is 28.5 Å². The van der Waals surface area contributed by atoms with Crippen LogP contribution in [0.1, 0.15) is 166 Å². The average Bonchev–Trinajstić information content (AvgIpc) is 3.65. The third-order valence-corrected chi connectivity index (χ3v) is 12.2. The molecule has 0 aromatic carbocycles. The van der Waals surface area contributed by atoms with Gasteiger partial charge >= 0.3 is 23.9 Å². The first-order chi connectivity index (χ1) is 22.2. The van der Waals surface area contributed by atoms with Gasteiger partial charge in [0.25, 0.3) is 0 Å². The minimum absolute atomic E-state index is 0.0197. The van der Waals surface area contributed by atoms with Crippen LogP contribution in [0.5, 0.6) is 0 Å². The summed E-state index contributed by atoms with van der Waals surface area (Å²) in [6.45, 7) is 19.9. The van der Waals surface area contributed by atoms with Crippen molar-refractivity contribution < 1.29 is 43.2 Å². The Balaban J connectivity index is 0.000000199. The zero-order valence-corrected chi connectivity index (χ0v) is 31.8. The Morgan fingerprint density at radius 2 is 1.25 bits per heavy atom. The minimum Gasteiger partial charge on any atom is -0.463 e. The van der Waals surface area contributed by atoms with Gasteiger partial charge in [-0.05, 0) is 137 Å². The second-order valence-corrected chi connectivity index (χ2v) is 17.5. The highest BCUT2D eigenvalue weighted by Crippen LogP contribution is 2.59. The number of carbonyl (C=O) groups is 4. The number of esters is 4. The molecule has 0 spiro atoms. The molecule has 0 aromatic rings. The maximum Gasteiger partial charge on any atom is 0.347 e. The number of ether oxygens (including phenoxy) is 4. The van der Waals surface area contributed by atoms with E-state index in [-0.39, 0.29) is 34.5 Å². The number of hydrogen-bond donors (Lipinski definition) is 1. The summed E-state index contributed by atoms with van der Waals surface area (Å²) < 4.78 is 21.5. The second kappa shape index (κ2) is 15.4. The topological polar surface area (TPSA) is 125 Å². The molecule has 6 aliphatic rings. The van der Waals surface area contributed by atoms with Crippen LogP contribution < -0.4 is 0 Å².